The normalized spacial score (nSPS) is 42.0. The third kappa shape index (κ3) is 1.33. The lowest BCUT2D eigenvalue weighted by atomic mass is 10.4. The van der Waals surface area contributed by atoms with E-state index in [4.69, 9.17) is 5.73 Å². The summed E-state index contributed by atoms with van der Waals surface area (Å²) >= 11 is 1.77. The Kier molecular flexibility index (Phi) is 1.57. The lowest BCUT2D eigenvalue weighted by molar-refractivity contribution is 0.613. The molecule has 0 aromatic rings. The molecule has 1 aliphatic heterocycles. The molecule has 42 valence electrons. The van der Waals surface area contributed by atoms with Gasteiger partial charge in [-0.2, -0.15) is 0 Å². The van der Waals surface area contributed by atoms with Gasteiger partial charge >= 0.3 is 0 Å². The van der Waals surface area contributed by atoms with Crippen LogP contribution in [-0.4, -0.2) is 17.3 Å². The molecule has 3 heteroatoms. The summed E-state index contributed by atoms with van der Waals surface area (Å²) in [5.74, 6) is 1.15. The molecule has 1 heterocycles. The van der Waals surface area contributed by atoms with Crippen molar-refractivity contribution in [3.63, 3.8) is 0 Å². The summed E-state index contributed by atoms with van der Waals surface area (Å²) in [6, 6.07) is 0.611. The summed E-state index contributed by atoms with van der Waals surface area (Å²) in [7, 11) is 0. The van der Waals surface area contributed by atoms with Gasteiger partial charge in [0.2, 0.25) is 0 Å². The van der Waals surface area contributed by atoms with E-state index >= 15 is 0 Å². The SMILES string of the molecule is CC1CSC(N)N1. The summed E-state index contributed by atoms with van der Waals surface area (Å²) in [4.78, 5) is 0. The number of nitrogens with two attached hydrogens (primary N) is 1. The average Bonchev–Trinajstić information content (AvgIpc) is 1.87. The Morgan fingerprint density at radius 3 is 2.71 bits per heavy atom. The summed E-state index contributed by atoms with van der Waals surface area (Å²) in [5, 5.41) is 3.16. The van der Waals surface area contributed by atoms with Gasteiger partial charge < -0.3 is 5.73 Å². The molecule has 1 fully saturated rings. The predicted molar refractivity (Wildman–Crippen MR) is 33.0 cm³/mol. The van der Waals surface area contributed by atoms with Crippen LogP contribution in [0.1, 0.15) is 6.92 Å². The van der Waals surface area contributed by atoms with Crippen LogP contribution in [0.25, 0.3) is 0 Å². The van der Waals surface area contributed by atoms with Crippen molar-refractivity contribution in [2.75, 3.05) is 5.75 Å². The van der Waals surface area contributed by atoms with Gasteiger partial charge in [-0.1, -0.05) is 0 Å². The second-order valence-corrected chi connectivity index (χ2v) is 3.00. The van der Waals surface area contributed by atoms with Gasteiger partial charge in [0.1, 0.15) is 5.50 Å². The minimum atomic E-state index is 0.190. The molecule has 0 aliphatic carbocycles. The van der Waals surface area contributed by atoms with Crippen molar-refractivity contribution in [1.29, 1.82) is 0 Å². The number of hydrogen-bond acceptors (Lipinski definition) is 3. The lowest BCUT2D eigenvalue weighted by Crippen LogP contribution is -2.33. The van der Waals surface area contributed by atoms with Gasteiger partial charge in [0.25, 0.3) is 0 Å². The van der Waals surface area contributed by atoms with E-state index in [1.165, 1.54) is 0 Å². The van der Waals surface area contributed by atoms with Crippen LogP contribution >= 0.6 is 11.8 Å². The maximum atomic E-state index is 5.48. The van der Waals surface area contributed by atoms with E-state index in [0.717, 1.165) is 5.75 Å². The van der Waals surface area contributed by atoms with E-state index in [2.05, 4.69) is 12.2 Å². The monoisotopic (exact) mass is 118 g/mol. The van der Waals surface area contributed by atoms with Crippen LogP contribution < -0.4 is 11.1 Å². The van der Waals surface area contributed by atoms with Crippen LogP contribution in [0, 0.1) is 0 Å². The van der Waals surface area contributed by atoms with Gasteiger partial charge in [-0.05, 0) is 6.92 Å². The second kappa shape index (κ2) is 2.03. The molecular formula is C4H10N2S. The fourth-order valence-electron chi connectivity index (χ4n) is 0.625. The summed E-state index contributed by atoms with van der Waals surface area (Å²) in [6.07, 6.45) is 0. The van der Waals surface area contributed by atoms with Crippen LogP contribution in [0.4, 0.5) is 0 Å². The van der Waals surface area contributed by atoms with Crippen molar-refractivity contribution in [1.82, 2.24) is 5.32 Å². The van der Waals surface area contributed by atoms with E-state index in [-0.39, 0.29) is 5.50 Å². The molecule has 0 radical (unpaired) electrons. The van der Waals surface area contributed by atoms with Crippen LogP contribution in [0.15, 0.2) is 0 Å². The first kappa shape index (κ1) is 5.41. The molecule has 2 nitrogen and oxygen atoms in total. The molecule has 0 aromatic heterocycles. The van der Waals surface area contributed by atoms with Crippen LogP contribution in [-0.2, 0) is 0 Å². The highest BCUT2D eigenvalue weighted by atomic mass is 32.2. The molecule has 0 bridgehead atoms. The molecule has 1 aliphatic rings. The highest BCUT2D eigenvalue weighted by Gasteiger charge is 2.15. The first-order valence-electron chi connectivity index (χ1n) is 2.42. The minimum absolute atomic E-state index is 0.190. The molecule has 0 saturated carbocycles. The van der Waals surface area contributed by atoms with Crippen molar-refractivity contribution >= 4 is 11.8 Å². The molecule has 0 aromatic carbocycles. The molecule has 1 rings (SSSR count). The van der Waals surface area contributed by atoms with Crippen LogP contribution in [0.2, 0.25) is 0 Å². The summed E-state index contributed by atoms with van der Waals surface area (Å²) in [6.45, 7) is 2.14. The van der Waals surface area contributed by atoms with Gasteiger partial charge in [0.05, 0.1) is 0 Å². The van der Waals surface area contributed by atoms with Gasteiger partial charge in [-0.25, -0.2) is 0 Å². The zero-order chi connectivity index (χ0) is 5.28. The predicted octanol–water partition coefficient (Wildman–Crippen LogP) is -0.0464. The molecule has 1 saturated heterocycles. The smallest absolute Gasteiger partial charge is 0.103 e. The minimum Gasteiger partial charge on any atom is -0.307 e. The molecule has 2 atom stereocenters. The molecule has 3 N–H and O–H groups in total. The maximum absolute atomic E-state index is 5.48. The van der Waals surface area contributed by atoms with Gasteiger partial charge in [-0.3, -0.25) is 5.32 Å². The number of nitrogens with one attached hydrogen (secondary N) is 1. The topological polar surface area (TPSA) is 38.0 Å². The van der Waals surface area contributed by atoms with Crippen molar-refractivity contribution in [3.8, 4) is 0 Å². The van der Waals surface area contributed by atoms with E-state index in [9.17, 15) is 0 Å². The Hall–Kier alpha value is 0.270. The van der Waals surface area contributed by atoms with Crippen molar-refractivity contribution < 1.29 is 0 Å². The second-order valence-electron chi connectivity index (χ2n) is 1.82. The van der Waals surface area contributed by atoms with Gasteiger partial charge in [0.15, 0.2) is 0 Å². The first-order chi connectivity index (χ1) is 3.29. The van der Waals surface area contributed by atoms with E-state index in [0.29, 0.717) is 6.04 Å². The van der Waals surface area contributed by atoms with E-state index < -0.39 is 0 Å². The Balaban J connectivity index is 2.26. The van der Waals surface area contributed by atoms with Crippen molar-refractivity contribution in [2.24, 2.45) is 5.73 Å². The quantitative estimate of drug-likeness (QED) is 0.468. The fraction of sp³-hybridized carbons (Fsp3) is 1.00. The largest absolute Gasteiger partial charge is 0.307 e. The molecule has 0 amide bonds. The standard InChI is InChI=1S/C4H10N2S/c1-3-2-7-4(5)6-3/h3-4,6H,2,5H2,1H3. The number of thioether (sulfide) groups is 1. The Bertz CT molecular complexity index is 58.7. The zero-order valence-electron chi connectivity index (χ0n) is 4.35. The van der Waals surface area contributed by atoms with Crippen LogP contribution in [0.3, 0.4) is 0 Å². The highest BCUT2D eigenvalue weighted by Crippen LogP contribution is 2.12. The summed E-state index contributed by atoms with van der Waals surface area (Å²) in [5.41, 5.74) is 5.67. The third-order valence-corrected chi connectivity index (χ3v) is 2.16. The third-order valence-electron chi connectivity index (χ3n) is 0.975. The lowest BCUT2D eigenvalue weighted by Gasteiger charge is -2.00. The Labute approximate surface area is 47.8 Å². The first-order valence-corrected chi connectivity index (χ1v) is 3.47. The summed E-state index contributed by atoms with van der Waals surface area (Å²) < 4.78 is 0. The number of hydrogen-bond donors (Lipinski definition) is 2. The van der Waals surface area contributed by atoms with E-state index in [1.807, 2.05) is 0 Å². The zero-order valence-corrected chi connectivity index (χ0v) is 5.16. The highest BCUT2D eigenvalue weighted by molar-refractivity contribution is 8.00. The fourth-order valence-corrected chi connectivity index (χ4v) is 1.55. The Morgan fingerprint density at radius 2 is 2.57 bits per heavy atom. The maximum Gasteiger partial charge on any atom is 0.103 e. The molecule has 2 unspecified atom stereocenters. The van der Waals surface area contributed by atoms with Crippen molar-refractivity contribution in [2.45, 2.75) is 18.5 Å². The Morgan fingerprint density at radius 1 is 1.86 bits per heavy atom. The molecular weight excluding hydrogens is 108 g/mol. The molecule has 0 spiro atoms. The van der Waals surface area contributed by atoms with Crippen LogP contribution in [0.5, 0.6) is 0 Å². The van der Waals surface area contributed by atoms with Crippen molar-refractivity contribution in [3.05, 3.63) is 0 Å². The molecule has 7 heavy (non-hydrogen) atoms. The van der Waals surface area contributed by atoms with E-state index in [1.54, 1.807) is 11.8 Å². The van der Waals surface area contributed by atoms with Gasteiger partial charge in [-0.15, -0.1) is 11.8 Å². The average molecular weight is 118 g/mol. The number of rotatable bonds is 0. The van der Waals surface area contributed by atoms with Gasteiger partial charge in [0, 0.05) is 11.8 Å².